The molecule has 1 rings (SSSR count). The van der Waals surface area contributed by atoms with Crippen LogP contribution in [0.2, 0.25) is 0 Å². The van der Waals surface area contributed by atoms with Crippen molar-refractivity contribution in [2.45, 2.75) is 40.5 Å². The maximum Gasteiger partial charge on any atom is 0.310 e. The van der Waals surface area contributed by atoms with Crippen molar-refractivity contribution < 1.29 is 9.90 Å². The Labute approximate surface area is 104 Å². The second-order valence-corrected chi connectivity index (χ2v) is 5.84. The van der Waals surface area contributed by atoms with Crippen LogP contribution in [0.15, 0.2) is 0 Å². The molecule has 1 heterocycles. The largest absolute Gasteiger partial charge is 0.481 e. The van der Waals surface area contributed by atoms with Gasteiger partial charge in [0.25, 0.3) is 0 Å². The Morgan fingerprint density at radius 3 is 2.44 bits per heavy atom. The molecule has 0 spiro atoms. The third-order valence-electron chi connectivity index (χ3n) is 3.85. The molecular weight excluding hydrogens is 226 g/mol. The summed E-state index contributed by atoms with van der Waals surface area (Å²) in [6.07, 6.45) is 1.51. The first-order chi connectivity index (χ1) is 6.82. The number of carboxylic acids is 1. The van der Waals surface area contributed by atoms with Crippen LogP contribution in [-0.2, 0) is 4.79 Å². The molecule has 0 radical (unpaired) electrons. The Bertz CT molecular complexity index is 250. The van der Waals surface area contributed by atoms with Gasteiger partial charge in [0.1, 0.15) is 0 Å². The van der Waals surface area contributed by atoms with E-state index in [0.717, 1.165) is 13.0 Å². The Morgan fingerprint density at radius 2 is 2.06 bits per heavy atom. The van der Waals surface area contributed by atoms with Gasteiger partial charge in [-0.3, -0.25) is 4.79 Å². The highest BCUT2D eigenvalue weighted by molar-refractivity contribution is 5.85. The van der Waals surface area contributed by atoms with Crippen LogP contribution in [0.25, 0.3) is 0 Å². The molecule has 0 saturated carbocycles. The Hall–Kier alpha value is -0.280. The average Bonchev–Trinajstić information content (AvgIpc) is 2.16. The lowest BCUT2D eigenvalue weighted by atomic mass is 9.66. The van der Waals surface area contributed by atoms with Crippen LogP contribution in [0.3, 0.4) is 0 Å². The zero-order chi connectivity index (χ0) is 11.7. The zero-order valence-electron chi connectivity index (χ0n) is 10.7. The number of aliphatic carboxylic acids is 1. The zero-order valence-corrected chi connectivity index (χ0v) is 11.5. The van der Waals surface area contributed by atoms with E-state index in [-0.39, 0.29) is 17.8 Å². The molecule has 0 aromatic heterocycles. The summed E-state index contributed by atoms with van der Waals surface area (Å²) in [5.74, 6) is -0.200. The van der Waals surface area contributed by atoms with Gasteiger partial charge in [-0.2, -0.15) is 0 Å². The highest BCUT2D eigenvalue weighted by atomic mass is 35.5. The maximum atomic E-state index is 11.3. The van der Waals surface area contributed by atoms with E-state index in [9.17, 15) is 9.90 Å². The molecule has 3 nitrogen and oxygen atoms in total. The van der Waals surface area contributed by atoms with Gasteiger partial charge in [-0.05, 0) is 30.7 Å². The fourth-order valence-corrected chi connectivity index (χ4v) is 2.30. The van der Waals surface area contributed by atoms with Gasteiger partial charge >= 0.3 is 5.97 Å². The fraction of sp³-hybridized carbons (Fsp3) is 0.917. The minimum absolute atomic E-state index is 0. The van der Waals surface area contributed by atoms with E-state index in [1.54, 1.807) is 0 Å². The summed E-state index contributed by atoms with van der Waals surface area (Å²) in [4.78, 5) is 11.3. The van der Waals surface area contributed by atoms with Gasteiger partial charge in [-0.25, -0.2) is 0 Å². The molecule has 0 aromatic carbocycles. The van der Waals surface area contributed by atoms with E-state index in [1.165, 1.54) is 0 Å². The van der Waals surface area contributed by atoms with Gasteiger partial charge in [0.2, 0.25) is 0 Å². The third-order valence-corrected chi connectivity index (χ3v) is 3.85. The summed E-state index contributed by atoms with van der Waals surface area (Å²) in [7, 11) is 0. The van der Waals surface area contributed by atoms with Crippen LogP contribution in [0, 0.1) is 16.7 Å². The SMILES string of the molecule is CC[C@]1(C(=O)O)CNC[C@H](C(C)(C)C)C1.Cl. The van der Waals surface area contributed by atoms with E-state index in [0.29, 0.717) is 18.9 Å². The summed E-state index contributed by atoms with van der Waals surface area (Å²) in [5, 5.41) is 12.6. The fourth-order valence-electron chi connectivity index (χ4n) is 2.30. The molecule has 2 atom stereocenters. The molecule has 1 saturated heterocycles. The Morgan fingerprint density at radius 1 is 1.50 bits per heavy atom. The number of hydrogen-bond donors (Lipinski definition) is 2. The van der Waals surface area contributed by atoms with Crippen LogP contribution < -0.4 is 5.32 Å². The number of rotatable bonds is 2. The molecule has 1 aliphatic heterocycles. The van der Waals surface area contributed by atoms with Gasteiger partial charge in [0.15, 0.2) is 0 Å². The van der Waals surface area contributed by atoms with Crippen molar-refractivity contribution in [3.63, 3.8) is 0 Å². The maximum absolute atomic E-state index is 11.3. The van der Waals surface area contributed by atoms with Crippen molar-refractivity contribution >= 4 is 18.4 Å². The third kappa shape index (κ3) is 3.11. The van der Waals surface area contributed by atoms with E-state index in [4.69, 9.17) is 0 Å². The lowest BCUT2D eigenvalue weighted by Crippen LogP contribution is -2.51. The predicted octanol–water partition coefficient (Wildman–Crippen LogP) is 2.54. The first-order valence-electron chi connectivity index (χ1n) is 5.76. The molecule has 2 N–H and O–H groups in total. The number of hydrogen-bond acceptors (Lipinski definition) is 2. The highest BCUT2D eigenvalue weighted by Crippen LogP contribution is 2.40. The van der Waals surface area contributed by atoms with Crippen LogP contribution >= 0.6 is 12.4 Å². The molecule has 1 aliphatic rings. The Balaban J connectivity index is 0.00000225. The van der Waals surface area contributed by atoms with Gasteiger partial charge in [0.05, 0.1) is 5.41 Å². The predicted molar refractivity (Wildman–Crippen MR) is 68.0 cm³/mol. The highest BCUT2D eigenvalue weighted by Gasteiger charge is 2.44. The van der Waals surface area contributed by atoms with Gasteiger partial charge in [0, 0.05) is 6.54 Å². The van der Waals surface area contributed by atoms with Crippen molar-refractivity contribution in [1.29, 1.82) is 0 Å². The molecule has 96 valence electrons. The van der Waals surface area contributed by atoms with E-state index in [2.05, 4.69) is 26.1 Å². The first kappa shape index (κ1) is 15.7. The average molecular weight is 250 g/mol. The number of halogens is 1. The number of nitrogens with one attached hydrogen (secondary N) is 1. The second kappa shape index (κ2) is 5.37. The molecule has 0 aliphatic carbocycles. The number of piperidine rings is 1. The summed E-state index contributed by atoms with van der Waals surface area (Å²) in [6.45, 7) is 10.1. The van der Waals surface area contributed by atoms with Crippen molar-refractivity contribution in [3.05, 3.63) is 0 Å². The van der Waals surface area contributed by atoms with E-state index >= 15 is 0 Å². The number of carboxylic acid groups (broad SMARTS) is 1. The second-order valence-electron chi connectivity index (χ2n) is 5.84. The molecule has 0 amide bonds. The molecule has 1 fully saturated rings. The molecule has 4 heteroatoms. The summed E-state index contributed by atoms with van der Waals surface area (Å²) in [6, 6.07) is 0. The van der Waals surface area contributed by atoms with Crippen LogP contribution in [0.5, 0.6) is 0 Å². The van der Waals surface area contributed by atoms with Crippen molar-refractivity contribution in [2.24, 2.45) is 16.7 Å². The van der Waals surface area contributed by atoms with Crippen molar-refractivity contribution in [1.82, 2.24) is 5.32 Å². The smallest absolute Gasteiger partial charge is 0.310 e. The van der Waals surface area contributed by atoms with Crippen molar-refractivity contribution in [3.8, 4) is 0 Å². The van der Waals surface area contributed by atoms with E-state index < -0.39 is 11.4 Å². The van der Waals surface area contributed by atoms with Gasteiger partial charge < -0.3 is 10.4 Å². The topological polar surface area (TPSA) is 49.3 Å². The van der Waals surface area contributed by atoms with Crippen LogP contribution in [0.4, 0.5) is 0 Å². The molecule has 0 aromatic rings. The van der Waals surface area contributed by atoms with Gasteiger partial charge in [-0.1, -0.05) is 27.7 Å². The molecule has 0 unspecified atom stereocenters. The summed E-state index contributed by atoms with van der Waals surface area (Å²) in [5.41, 5.74) is -0.362. The molecule has 0 bridgehead atoms. The van der Waals surface area contributed by atoms with E-state index in [1.807, 2.05) is 6.92 Å². The lowest BCUT2D eigenvalue weighted by Gasteiger charge is -2.43. The minimum atomic E-state index is -0.647. The van der Waals surface area contributed by atoms with Gasteiger partial charge in [-0.15, -0.1) is 12.4 Å². The summed E-state index contributed by atoms with van der Waals surface area (Å²) >= 11 is 0. The lowest BCUT2D eigenvalue weighted by molar-refractivity contribution is -0.152. The molecular formula is C12H24ClNO2. The normalized spacial score (nSPS) is 30.6. The Kier molecular flexibility index (Phi) is 5.27. The molecule has 16 heavy (non-hydrogen) atoms. The monoisotopic (exact) mass is 249 g/mol. The summed E-state index contributed by atoms with van der Waals surface area (Å²) < 4.78 is 0. The van der Waals surface area contributed by atoms with Crippen LogP contribution in [0.1, 0.15) is 40.5 Å². The minimum Gasteiger partial charge on any atom is -0.481 e. The quantitative estimate of drug-likeness (QED) is 0.791. The first-order valence-corrected chi connectivity index (χ1v) is 5.76. The van der Waals surface area contributed by atoms with Crippen molar-refractivity contribution in [2.75, 3.05) is 13.1 Å². The standard InChI is InChI=1S/C12H23NO2.ClH/c1-5-12(10(14)15)6-9(7-13-8-12)11(2,3)4;/h9,13H,5-8H2,1-4H3,(H,14,15);1H/t9-,12-;/m1./s1. The number of carbonyl (C=O) groups is 1. The van der Waals surface area contributed by atoms with Crippen LogP contribution in [-0.4, -0.2) is 24.2 Å².